The lowest BCUT2D eigenvalue weighted by Gasteiger charge is -2.55. The summed E-state index contributed by atoms with van der Waals surface area (Å²) in [6.45, 7) is 3.34. The average molecular weight is 619 g/mol. The van der Waals surface area contributed by atoms with Gasteiger partial charge in [-0.2, -0.15) is 0 Å². The third kappa shape index (κ3) is 5.77. The summed E-state index contributed by atoms with van der Waals surface area (Å²) in [5.74, 6) is -4.83. The first-order valence-electron chi connectivity index (χ1n) is 15.4. The van der Waals surface area contributed by atoms with Crippen LogP contribution in [0, 0.1) is 29.6 Å². The molecule has 1 N–H and O–H groups in total. The van der Waals surface area contributed by atoms with Gasteiger partial charge in [-0.25, -0.2) is 4.79 Å². The van der Waals surface area contributed by atoms with Crippen molar-refractivity contribution in [1.82, 2.24) is 0 Å². The van der Waals surface area contributed by atoms with Gasteiger partial charge in [-0.05, 0) is 48.1 Å². The summed E-state index contributed by atoms with van der Waals surface area (Å²) >= 11 is 0. The van der Waals surface area contributed by atoms with Gasteiger partial charge in [0, 0.05) is 55.4 Å². The molecule has 6 rings (SSSR count). The van der Waals surface area contributed by atoms with Crippen LogP contribution >= 0.6 is 0 Å². The highest BCUT2D eigenvalue weighted by Crippen LogP contribution is 2.61. The van der Waals surface area contributed by atoms with E-state index in [0.717, 1.165) is 22.3 Å². The Morgan fingerprint density at radius 1 is 1.07 bits per heavy atom. The molecule has 10 nitrogen and oxygen atoms in total. The fourth-order valence-corrected chi connectivity index (χ4v) is 8.52. The summed E-state index contributed by atoms with van der Waals surface area (Å²) in [6, 6.07) is 11.2. The molecular formula is C35H38O10. The average Bonchev–Trinajstić information content (AvgIpc) is 3.75. The van der Waals surface area contributed by atoms with Gasteiger partial charge in [0.15, 0.2) is 0 Å². The molecule has 2 unspecified atom stereocenters. The maximum Gasteiger partial charge on any atom is 0.331 e. The fraction of sp³-hybridized carbons (Fsp3) is 0.486. The number of esters is 3. The Kier molecular flexibility index (Phi) is 8.79. The number of aliphatic hydroxyl groups is 1. The third-order valence-electron chi connectivity index (χ3n) is 10.2. The van der Waals surface area contributed by atoms with Crippen LogP contribution in [-0.2, 0) is 38.1 Å². The van der Waals surface area contributed by atoms with Crippen LogP contribution in [0.5, 0.6) is 0 Å². The molecule has 3 aliphatic carbocycles. The van der Waals surface area contributed by atoms with Crippen molar-refractivity contribution in [2.24, 2.45) is 29.6 Å². The van der Waals surface area contributed by atoms with Crippen LogP contribution in [0.2, 0.25) is 0 Å². The molecule has 1 aliphatic heterocycles. The predicted octanol–water partition coefficient (Wildman–Crippen LogP) is 4.03. The van der Waals surface area contributed by atoms with Gasteiger partial charge >= 0.3 is 17.9 Å². The molecule has 4 aliphatic rings. The zero-order valence-electron chi connectivity index (χ0n) is 25.4. The minimum atomic E-state index is -1.17. The molecule has 0 amide bonds. The number of hydrogen-bond donors (Lipinski definition) is 1. The van der Waals surface area contributed by atoms with Crippen LogP contribution in [0.15, 0.2) is 70.6 Å². The number of rotatable bonds is 8. The number of fused-ring (bicyclic) bond motifs is 4. The van der Waals surface area contributed by atoms with E-state index in [0.29, 0.717) is 12.7 Å². The van der Waals surface area contributed by atoms with Crippen molar-refractivity contribution >= 4 is 30.3 Å². The van der Waals surface area contributed by atoms with Gasteiger partial charge < -0.3 is 33.3 Å². The van der Waals surface area contributed by atoms with Crippen molar-refractivity contribution in [2.75, 3.05) is 7.11 Å². The van der Waals surface area contributed by atoms with Gasteiger partial charge in [0.25, 0.3) is 0 Å². The Balaban J connectivity index is 1.43. The van der Waals surface area contributed by atoms with Crippen molar-refractivity contribution in [1.29, 1.82) is 0 Å². The quantitative estimate of drug-likeness (QED) is 0.152. The highest BCUT2D eigenvalue weighted by molar-refractivity contribution is 5.87. The highest BCUT2D eigenvalue weighted by Gasteiger charge is 2.65. The molecule has 0 bridgehead atoms. The van der Waals surface area contributed by atoms with Crippen LogP contribution < -0.4 is 0 Å². The lowest BCUT2D eigenvalue weighted by molar-refractivity contribution is -0.216. The van der Waals surface area contributed by atoms with Crippen LogP contribution in [0.3, 0.4) is 0 Å². The molecule has 1 aromatic carbocycles. The maximum absolute atomic E-state index is 13.2. The molecule has 238 valence electrons. The molecule has 2 aromatic rings. The second-order valence-corrected chi connectivity index (χ2v) is 12.5. The van der Waals surface area contributed by atoms with Gasteiger partial charge in [0.1, 0.15) is 24.6 Å². The topological polar surface area (TPSA) is 139 Å². The number of carbonyl (C=O) groups excluding carboxylic acids is 4. The number of methoxy groups -OCH3 is 1. The summed E-state index contributed by atoms with van der Waals surface area (Å²) in [4.78, 5) is 51.3. The van der Waals surface area contributed by atoms with Crippen LogP contribution in [0.25, 0.3) is 6.08 Å². The molecule has 0 radical (unpaired) electrons. The van der Waals surface area contributed by atoms with E-state index in [4.69, 9.17) is 23.4 Å². The lowest BCUT2D eigenvalue weighted by Crippen LogP contribution is -2.63. The van der Waals surface area contributed by atoms with Crippen molar-refractivity contribution in [3.8, 4) is 0 Å². The van der Waals surface area contributed by atoms with Crippen LogP contribution in [-0.4, -0.2) is 66.9 Å². The van der Waals surface area contributed by atoms with Crippen molar-refractivity contribution in [3.05, 3.63) is 77.3 Å². The van der Waals surface area contributed by atoms with E-state index in [-0.39, 0.29) is 30.8 Å². The molecule has 10 heteroatoms. The van der Waals surface area contributed by atoms with E-state index in [1.54, 1.807) is 18.6 Å². The van der Waals surface area contributed by atoms with E-state index in [1.807, 2.05) is 43.3 Å². The molecule has 0 spiro atoms. The van der Waals surface area contributed by atoms with Crippen molar-refractivity contribution in [2.45, 2.75) is 69.5 Å². The third-order valence-corrected chi connectivity index (χ3v) is 10.2. The minimum Gasteiger partial charge on any atom is -0.472 e. The first kappa shape index (κ1) is 31.0. The molecule has 2 saturated carbocycles. The van der Waals surface area contributed by atoms with Gasteiger partial charge in [0.2, 0.25) is 0 Å². The summed E-state index contributed by atoms with van der Waals surface area (Å²) < 4.78 is 29.2. The first-order chi connectivity index (χ1) is 21.7. The number of allylic oxidation sites excluding steroid dienone is 1. The Morgan fingerprint density at radius 2 is 1.84 bits per heavy atom. The van der Waals surface area contributed by atoms with E-state index in [9.17, 15) is 24.3 Å². The molecular weight excluding hydrogens is 580 g/mol. The minimum absolute atomic E-state index is 0.0166. The zero-order valence-corrected chi connectivity index (χ0v) is 25.4. The lowest BCUT2D eigenvalue weighted by atomic mass is 9.53. The molecule has 3 fully saturated rings. The standard InChI is InChI=1S/C35H38O10/c1-18-22(21-11-12-42-17-21)13-26-30(18)32-23(14-29(40)41-3)31-27(44-28(39)10-9-20-7-5-4-6-8-20)15-25(38)24(16-36)33(31)34(35(32)45-26)43-19(2)37/h4-12,16-17,22-27,31-35,38H,13-15H2,1-3H3/b10-9+/t22-,23-,24-,25-,26-,27+,31?,32?,33+,34-,35+/m1/s1. The molecule has 1 saturated heterocycles. The van der Waals surface area contributed by atoms with Crippen molar-refractivity contribution in [3.63, 3.8) is 0 Å². The van der Waals surface area contributed by atoms with Gasteiger partial charge in [-0.3, -0.25) is 9.59 Å². The molecule has 1 aromatic heterocycles. The zero-order chi connectivity index (χ0) is 31.8. The molecule has 11 atom stereocenters. The van der Waals surface area contributed by atoms with Gasteiger partial charge in [0.05, 0.1) is 31.8 Å². The van der Waals surface area contributed by atoms with Crippen molar-refractivity contribution < 1.29 is 47.6 Å². The second-order valence-electron chi connectivity index (χ2n) is 12.5. The summed E-state index contributed by atoms with van der Waals surface area (Å²) in [5, 5.41) is 11.2. The van der Waals surface area contributed by atoms with E-state index < -0.39 is 66.0 Å². The summed E-state index contributed by atoms with van der Waals surface area (Å²) in [6.07, 6.45) is 3.61. The monoisotopic (exact) mass is 618 g/mol. The number of carbonyl (C=O) groups is 4. The Morgan fingerprint density at radius 3 is 2.51 bits per heavy atom. The molecule has 2 heterocycles. The highest BCUT2D eigenvalue weighted by atomic mass is 16.6. The number of furan rings is 1. The van der Waals surface area contributed by atoms with E-state index in [1.165, 1.54) is 20.1 Å². The predicted molar refractivity (Wildman–Crippen MR) is 159 cm³/mol. The van der Waals surface area contributed by atoms with E-state index in [2.05, 4.69) is 0 Å². The first-order valence-corrected chi connectivity index (χ1v) is 15.4. The fourth-order valence-electron chi connectivity index (χ4n) is 8.52. The normalized spacial score (nSPS) is 35.3. The number of benzene rings is 1. The number of ether oxygens (including phenoxy) is 4. The number of aldehydes is 1. The Labute approximate surface area is 261 Å². The Bertz CT molecular complexity index is 1480. The maximum atomic E-state index is 13.2. The largest absolute Gasteiger partial charge is 0.472 e. The SMILES string of the molecule is COC(=O)C[C@@H]1C2[C@H]([C@H](C=O)[C@H](O)C[C@@H]2OC(=O)/C=C/c2ccccc2)[C@@H](OC(C)=O)[C@H]2O[C@@H]3C[C@@H](c4ccoc4)C(C)=C3C12. The van der Waals surface area contributed by atoms with E-state index >= 15 is 0 Å². The molecule has 45 heavy (non-hydrogen) atoms. The van der Waals surface area contributed by atoms with Crippen LogP contribution in [0.4, 0.5) is 0 Å². The second kappa shape index (κ2) is 12.8. The van der Waals surface area contributed by atoms with Gasteiger partial charge in [-0.1, -0.05) is 35.9 Å². The summed E-state index contributed by atoms with van der Waals surface area (Å²) in [5.41, 5.74) is 3.94. The van der Waals surface area contributed by atoms with Crippen LogP contribution in [0.1, 0.15) is 50.2 Å². The Hall–Kier alpha value is -4.02. The smallest absolute Gasteiger partial charge is 0.331 e. The number of aliphatic hydroxyl groups excluding tert-OH is 1. The number of hydrogen-bond acceptors (Lipinski definition) is 10. The van der Waals surface area contributed by atoms with Gasteiger partial charge in [-0.15, -0.1) is 0 Å². The summed E-state index contributed by atoms with van der Waals surface area (Å²) in [7, 11) is 1.31.